The SMILES string of the molecule is CC(C)(C)Oc1ccc(C[C@@H](CNC(=O)OCC2c3ccccc3-c3ccccc32)C(=O)O)cc1.S. The van der Waals surface area contributed by atoms with Gasteiger partial charge in [0, 0.05) is 12.5 Å². The summed E-state index contributed by atoms with van der Waals surface area (Å²) < 4.78 is 11.3. The first-order valence-electron chi connectivity index (χ1n) is 11.8. The minimum atomic E-state index is -0.973. The monoisotopic (exact) mass is 507 g/mol. The number of carboxylic acid groups (broad SMARTS) is 1. The molecular weight excluding hydrogens is 474 g/mol. The number of carbonyl (C=O) groups is 2. The van der Waals surface area contributed by atoms with Crippen LogP contribution in [0, 0.1) is 5.92 Å². The predicted molar refractivity (Wildman–Crippen MR) is 145 cm³/mol. The molecule has 36 heavy (non-hydrogen) atoms. The fourth-order valence-electron chi connectivity index (χ4n) is 4.43. The van der Waals surface area contributed by atoms with E-state index in [4.69, 9.17) is 9.47 Å². The van der Waals surface area contributed by atoms with E-state index in [-0.39, 0.29) is 44.6 Å². The van der Waals surface area contributed by atoms with E-state index in [1.165, 1.54) is 0 Å². The summed E-state index contributed by atoms with van der Waals surface area (Å²) in [6.45, 7) is 6.07. The number of carboxylic acids is 1. The smallest absolute Gasteiger partial charge is 0.407 e. The standard InChI is InChI=1S/C29H31NO5.H2S/c1-29(2,3)35-21-14-12-19(13-15-21)16-20(27(31)32)17-30-28(33)34-18-26-24-10-6-4-8-22(24)23-9-5-7-11-25(23)26;/h4-15,20,26H,16-18H2,1-3H3,(H,30,33)(H,31,32);1H2/t20-;/m0./s1. The summed E-state index contributed by atoms with van der Waals surface area (Å²) in [7, 11) is 0. The molecule has 0 spiro atoms. The third kappa shape index (κ3) is 6.61. The van der Waals surface area contributed by atoms with Gasteiger partial charge in [-0.3, -0.25) is 4.79 Å². The Labute approximate surface area is 219 Å². The number of hydrogen-bond donors (Lipinski definition) is 2. The van der Waals surface area contributed by atoms with Crippen molar-refractivity contribution in [2.24, 2.45) is 5.92 Å². The Bertz CT molecular complexity index is 1160. The summed E-state index contributed by atoms with van der Waals surface area (Å²) in [6, 6.07) is 23.6. The molecule has 0 radical (unpaired) electrons. The van der Waals surface area contributed by atoms with Crippen LogP contribution in [-0.2, 0) is 16.0 Å². The van der Waals surface area contributed by atoms with Crippen molar-refractivity contribution in [1.29, 1.82) is 0 Å². The van der Waals surface area contributed by atoms with Crippen LogP contribution in [0.4, 0.5) is 4.79 Å². The predicted octanol–water partition coefficient (Wildman–Crippen LogP) is 5.76. The molecule has 3 aromatic carbocycles. The summed E-state index contributed by atoms with van der Waals surface area (Å²) in [4.78, 5) is 24.2. The van der Waals surface area contributed by atoms with Gasteiger partial charge in [-0.15, -0.1) is 0 Å². The van der Waals surface area contributed by atoms with Crippen molar-refractivity contribution in [1.82, 2.24) is 5.32 Å². The molecule has 1 aliphatic rings. The molecule has 0 saturated carbocycles. The number of ether oxygens (including phenoxy) is 2. The van der Waals surface area contributed by atoms with Crippen LogP contribution in [-0.4, -0.2) is 35.9 Å². The van der Waals surface area contributed by atoms with E-state index in [9.17, 15) is 14.7 Å². The molecule has 2 N–H and O–H groups in total. The second-order valence-corrected chi connectivity index (χ2v) is 9.80. The molecule has 0 saturated heterocycles. The molecule has 0 heterocycles. The summed E-state index contributed by atoms with van der Waals surface area (Å²) in [5.41, 5.74) is 5.11. The number of hydrogen-bond acceptors (Lipinski definition) is 4. The second-order valence-electron chi connectivity index (χ2n) is 9.80. The van der Waals surface area contributed by atoms with Crippen LogP contribution >= 0.6 is 13.5 Å². The summed E-state index contributed by atoms with van der Waals surface area (Å²) in [6.07, 6.45) is -0.332. The fraction of sp³-hybridized carbons (Fsp3) is 0.310. The zero-order valence-electron chi connectivity index (χ0n) is 20.8. The molecule has 0 aromatic heterocycles. The first kappa shape index (κ1) is 27.1. The highest BCUT2D eigenvalue weighted by molar-refractivity contribution is 7.59. The molecular formula is C29H33NO5S. The zero-order chi connectivity index (χ0) is 25.0. The van der Waals surface area contributed by atoms with Crippen molar-refractivity contribution in [3.8, 4) is 16.9 Å². The Morgan fingerprint density at radius 1 is 0.917 bits per heavy atom. The highest BCUT2D eigenvalue weighted by Crippen LogP contribution is 2.44. The number of alkyl carbamates (subject to hydrolysis) is 1. The minimum absolute atomic E-state index is 0. The van der Waals surface area contributed by atoms with Crippen LogP contribution in [0.2, 0.25) is 0 Å². The average molecular weight is 508 g/mol. The van der Waals surface area contributed by atoms with Gasteiger partial charge in [0.15, 0.2) is 0 Å². The van der Waals surface area contributed by atoms with Gasteiger partial charge < -0.3 is 19.9 Å². The maximum atomic E-state index is 12.4. The third-order valence-electron chi connectivity index (χ3n) is 6.02. The van der Waals surface area contributed by atoms with Crippen molar-refractivity contribution in [3.63, 3.8) is 0 Å². The first-order chi connectivity index (χ1) is 16.7. The average Bonchev–Trinajstić information content (AvgIpc) is 3.14. The number of benzene rings is 3. The molecule has 0 fully saturated rings. The van der Waals surface area contributed by atoms with E-state index in [0.29, 0.717) is 0 Å². The van der Waals surface area contributed by atoms with Crippen molar-refractivity contribution in [2.75, 3.05) is 13.2 Å². The van der Waals surface area contributed by atoms with Crippen LogP contribution in [0.3, 0.4) is 0 Å². The molecule has 4 rings (SSSR count). The Kier molecular flexibility index (Phi) is 8.69. The Morgan fingerprint density at radius 2 is 1.47 bits per heavy atom. The van der Waals surface area contributed by atoms with Gasteiger partial charge in [0.05, 0.1) is 5.92 Å². The largest absolute Gasteiger partial charge is 0.488 e. The van der Waals surface area contributed by atoms with Crippen molar-refractivity contribution in [2.45, 2.75) is 38.7 Å². The van der Waals surface area contributed by atoms with Crippen LogP contribution in [0.1, 0.15) is 43.4 Å². The summed E-state index contributed by atoms with van der Waals surface area (Å²) >= 11 is 0. The summed E-state index contributed by atoms with van der Waals surface area (Å²) in [5.74, 6) is -1.06. The highest BCUT2D eigenvalue weighted by Gasteiger charge is 2.29. The van der Waals surface area contributed by atoms with E-state index >= 15 is 0 Å². The Hall–Kier alpha value is -3.45. The lowest BCUT2D eigenvalue weighted by molar-refractivity contribution is -0.141. The number of rotatable bonds is 8. The van der Waals surface area contributed by atoms with Crippen LogP contribution in [0.5, 0.6) is 5.75 Å². The number of aliphatic carboxylic acids is 1. The fourth-order valence-corrected chi connectivity index (χ4v) is 4.43. The van der Waals surface area contributed by atoms with Gasteiger partial charge in [0.1, 0.15) is 18.0 Å². The maximum Gasteiger partial charge on any atom is 0.407 e. The normalized spacial score (nSPS) is 13.1. The van der Waals surface area contributed by atoms with Crippen LogP contribution < -0.4 is 10.1 Å². The molecule has 3 aromatic rings. The molecule has 0 bridgehead atoms. The molecule has 0 aliphatic heterocycles. The van der Waals surface area contributed by atoms with E-state index in [1.807, 2.05) is 69.3 Å². The molecule has 7 heteroatoms. The third-order valence-corrected chi connectivity index (χ3v) is 6.02. The number of amides is 1. The number of carbonyl (C=O) groups excluding carboxylic acids is 1. The molecule has 1 atom stereocenters. The van der Waals surface area contributed by atoms with Gasteiger partial charge in [0.2, 0.25) is 0 Å². The molecule has 1 aliphatic carbocycles. The van der Waals surface area contributed by atoms with Gasteiger partial charge in [-0.2, -0.15) is 13.5 Å². The highest BCUT2D eigenvalue weighted by atomic mass is 32.1. The lowest BCUT2D eigenvalue weighted by Gasteiger charge is -2.21. The van der Waals surface area contributed by atoms with Crippen LogP contribution in [0.25, 0.3) is 11.1 Å². The van der Waals surface area contributed by atoms with Crippen molar-refractivity contribution < 1.29 is 24.2 Å². The molecule has 190 valence electrons. The van der Waals surface area contributed by atoms with Crippen molar-refractivity contribution in [3.05, 3.63) is 89.5 Å². The van der Waals surface area contributed by atoms with Crippen LogP contribution in [0.15, 0.2) is 72.8 Å². The Balaban J connectivity index is 0.00000361. The van der Waals surface area contributed by atoms with Gasteiger partial charge in [-0.1, -0.05) is 60.7 Å². The molecule has 1 amide bonds. The quantitative estimate of drug-likeness (QED) is 0.405. The van der Waals surface area contributed by atoms with E-state index in [0.717, 1.165) is 33.6 Å². The number of fused-ring (bicyclic) bond motifs is 3. The van der Waals surface area contributed by atoms with E-state index < -0.39 is 18.0 Å². The maximum absolute atomic E-state index is 12.4. The van der Waals surface area contributed by atoms with Gasteiger partial charge >= 0.3 is 12.1 Å². The van der Waals surface area contributed by atoms with E-state index in [2.05, 4.69) is 29.6 Å². The van der Waals surface area contributed by atoms with Gasteiger partial charge in [-0.25, -0.2) is 4.79 Å². The second kappa shape index (κ2) is 11.5. The van der Waals surface area contributed by atoms with E-state index in [1.54, 1.807) is 0 Å². The van der Waals surface area contributed by atoms with Crippen molar-refractivity contribution >= 4 is 25.6 Å². The Morgan fingerprint density at radius 3 is 2.00 bits per heavy atom. The minimum Gasteiger partial charge on any atom is -0.488 e. The lowest BCUT2D eigenvalue weighted by Crippen LogP contribution is -2.35. The molecule has 6 nitrogen and oxygen atoms in total. The van der Waals surface area contributed by atoms with Gasteiger partial charge in [0.25, 0.3) is 0 Å². The van der Waals surface area contributed by atoms with Gasteiger partial charge in [-0.05, 0) is 67.1 Å². The first-order valence-corrected chi connectivity index (χ1v) is 11.8. The number of nitrogens with one attached hydrogen (secondary N) is 1. The lowest BCUT2D eigenvalue weighted by atomic mass is 9.98. The zero-order valence-corrected chi connectivity index (χ0v) is 21.8. The summed E-state index contributed by atoms with van der Waals surface area (Å²) in [5, 5.41) is 12.3. The topological polar surface area (TPSA) is 84.9 Å². The molecule has 0 unspecified atom stereocenters.